The van der Waals surface area contributed by atoms with Crippen LogP contribution in [0.25, 0.3) is 6.08 Å². The average molecular weight is 284 g/mol. The summed E-state index contributed by atoms with van der Waals surface area (Å²) in [5.74, 6) is 0. The molecule has 2 nitrogen and oxygen atoms in total. The second kappa shape index (κ2) is 5.43. The standard InChI is InChI=1S/C18H17FO2/c19-18(12-14-8-4-5-9-15(14)17(18)21)16(20)11-10-13-6-2-1-3-7-13/h1-11,16-17,20-21H,12H2/b11-10+/t16-,17-,18-/m0/s1. The smallest absolute Gasteiger partial charge is 0.174 e. The van der Waals surface area contributed by atoms with Crippen LogP contribution < -0.4 is 0 Å². The maximum atomic E-state index is 15.0. The number of hydrogen-bond donors (Lipinski definition) is 2. The molecule has 3 heteroatoms. The molecular weight excluding hydrogens is 267 g/mol. The van der Waals surface area contributed by atoms with Crippen molar-refractivity contribution in [1.29, 1.82) is 0 Å². The van der Waals surface area contributed by atoms with Crippen molar-refractivity contribution in [1.82, 2.24) is 0 Å². The molecule has 3 atom stereocenters. The van der Waals surface area contributed by atoms with E-state index in [0.717, 1.165) is 11.1 Å². The molecule has 1 aliphatic carbocycles. The van der Waals surface area contributed by atoms with E-state index in [9.17, 15) is 10.2 Å². The highest BCUT2D eigenvalue weighted by Gasteiger charge is 2.50. The fourth-order valence-electron chi connectivity index (χ4n) is 2.80. The van der Waals surface area contributed by atoms with Gasteiger partial charge in [-0.25, -0.2) is 4.39 Å². The molecule has 2 aromatic carbocycles. The van der Waals surface area contributed by atoms with Crippen molar-refractivity contribution >= 4 is 6.08 Å². The van der Waals surface area contributed by atoms with Gasteiger partial charge >= 0.3 is 0 Å². The van der Waals surface area contributed by atoms with Gasteiger partial charge in [0.1, 0.15) is 12.2 Å². The maximum Gasteiger partial charge on any atom is 0.174 e. The molecule has 0 saturated heterocycles. The van der Waals surface area contributed by atoms with Crippen LogP contribution >= 0.6 is 0 Å². The van der Waals surface area contributed by atoms with Crippen LogP contribution in [0.1, 0.15) is 22.8 Å². The van der Waals surface area contributed by atoms with Gasteiger partial charge in [0, 0.05) is 6.42 Å². The Morgan fingerprint density at radius 1 is 1.10 bits per heavy atom. The van der Waals surface area contributed by atoms with Gasteiger partial charge in [-0.3, -0.25) is 0 Å². The quantitative estimate of drug-likeness (QED) is 0.909. The van der Waals surface area contributed by atoms with Crippen molar-refractivity contribution in [3.8, 4) is 0 Å². The predicted molar refractivity (Wildman–Crippen MR) is 80.4 cm³/mol. The largest absolute Gasteiger partial charge is 0.386 e. The van der Waals surface area contributed by atoms with Gasteiger partial charge in [0.25, 0.3) is 0 Å². The third-order valence-corrected chi connectivity index (χ3v) is 4.03. The minimum Gasteiger partial charge on any atom is -0.386 e. The lowest BCUT2D eigenvalue weighted by Gasteiger charge is -2.27. The lowest BCUT2D eigenvalue weighted by molar-refractivity contribution is -0.0645. The molecule has 0 unspecified atom stereocenters. The first-order valence-electron chi connectivity index (χ1n) is 6.97. The summed E-state index contributed by atoms with van der Waals surface area (Å²) in [6.45, 7) is 0. The van der Waals surface area contributed by atoms with Crippen molar-refractivity contribution in [2.24, 2.45) is 0 Å². The summed E-state index contributed by atoms with van der Waals surface area (Å²) < 4.78 is 15.0. The van der Waals surface area contributed by atoms with E-state index < -0.39 is 17.9 Å². The number of halogens is 1. The van der Waals surface area contributed by atoms with Crippen molar-refractivity contribution in [3.63, 3.8) is 0 Å². The van der Waals surface area contributed by atoms with Gasteiger partial charge in [0.15, 0.2) is 5.67 Å². The molecule has 0 spiro atoms. The van der Waals surface area contributed by atoms with Crippen LogP contribution in [0.5, 0.6) is 0 Å². The van der Waals surface area contributed by atoms with Gasteiger partial charge in [0.2, 0.25) is 0 Å². The zero-order valence-electron chi connectivity index (χ0n) is 11.5. The van der Waals surface area contributed by atoms with Gasteiger partial charge in [0.05, 0.1) is 0 Å². The minimum absolute atomic E-state index is 0.0185. The van der Waals surface area contributed by atoms with Crippen LogP contribution in [-0.4, -0.2) is 22.0 Å². The molecule has 0 saturated carbocycles. The third kappa shape index (κ3) is 2.50. The van der Waals surface area contributed by atoms with E-state index in [1.807, 2.05) is 36.4 Å². The van der Waals surface area contributed by atoms with E-state index in [0.29, 0.717) is 5.56 Å². The summed E-state index contributed by atoms with van der Waals surface area (Å²) in [7, 11) is 0. The molecule has 0 bridgehead atoms. The zero-order valence-corrected chi connectivity index (χ0v) is 11.5. The van der Waals surface area contributed by atoms with Crippen LogP contribution in [0.3, 0.4) is 0 Å². The Morgan fingerprint density at radius 2 is 1.76 bits per heavy atom. The molecule has 0 heterocycles. The highest BCUT2D eigenvalue weighted by molar-refractivity contribution is 5.50. The number of hydrogen-bond acceptors (Lipinski definition) is 2. The van der Waals surface area contributed by atoms with Gasteiger partial charge < -0.3 is 10.2 Å². The third-order valence-electron chi connectivity index (χ3n) is 4.03. The molecule has 1 aliphatic rings. The fourth-order valence-corrected chi connectivity index (χ4v) is 2.80. The monoisotopic (exact) mass is 284 g/mol. The molecule has 3 rings (SSSR count). The Hall–Kier alpha value is -1.97. The molecular formula is C18H17FO2. The molecule has 108 valence electrons. The van der Waals surface area contributed by atoms with E-state index in [2.05, 4.69) is 0 Å². The number of alkyl halides is 1. The van der Waals surface area contributed by atoms with Gasteiger partial charge in [-0.15, -0.1) is 0 Å². The highest BCUT2D eigenvalue weighted by atomic mass is 19.1. The summed E-state index contributed by atoms with van der Waals surface area (Å²) in [5.41, 5.74) is 0.117. The van der Waals surface area contributed by atoms with E-state index >= 15 is 4.39 Å². The number of rotatable bonds is 3. The van der Waals surface area contributed by atoms with Gasteiger partial charge in [-0.1, -0.05) is 66.7 Å². The Labute approximate surface area is 123 Å². The SMILES string of the molecule is O[C@@H](/C=C/c1ccccc1)[C@@]1(F)Cc2ccccc2[C@@H]1O. The van der Waals surface area contributed by atoms with E-state index in [4.69, 9.17) is 0 Å². The Balaban J connectivity index is 1.82. The molecule has 2 aromatic rings. The van der Waals surface area contributed by atoms with Crippen LogP contribution in [0.4, 0.5) is 4.39 Å². The van der Waals surface area contributed by atoms with Crippen molar-refractivity contribution in [2.75, 3.05) is 0 Å². The van der Waals surface area contributed by atoms with Crippen molar-refractivity contribution in [2.45, 2.75) is 24.3 Å². The zero-order chi connectivity index (χ0) is 14.9. The van der Waals surface area contributed by atoms with Crippen molar-refractivity contribution < 1.29 is 14.6 Å². The average Bonchev–Trinajstić information content (AvgIpc) is 2.79. The van der Waals surface area contributed by atoms with E-state index in [1.165, 1.54) is 6.08 Å². The summed E-state index contributed by atoms with van der Waals surface area (Å²) in [5, 5.41) is 20.4. The van der Waals surface area contributed by atoms with Crippen LogP contribution in [-0.2, 0) is 6.42 Å². The number of aliphatic hydroxyl groups excluding tert-OH is 2. The topological polar surface area (TPSA) is 40.5 Å². The first-order valence-corrected chi connectivity index (χ1v) is 6.97. The first-order chi connectivity index (χ1) is 10.1. The first kappa shape index (κ1) is 14.0. The lowest BCUT2D eigenvalue weighted by Crippen LogP contribution is -2.40. The van der Waals surface area contributed by atoms with E-state index in [1.54, 1.807) is 24.3 Å². The van der Waals surface area contributed by atoms with Crippen LogP contribution in [0, 0.1) is 0 Å². The lowest BCUT2D eigenvalue weighted by atomic mass is 9.92. The normalized spacial score (nSPS) is 26.0. The second-order valence-electron chi connectivity index (χ2n) is 5.42. The molecule has 21 heavy (non-hydrogen) atoms. The van der Waals surface area contributed by atoms with Gasteiger partial charge in [-0.2, -0.15) is 0 Å². The molecule has 0 aromatic heterocycles. The van der Waals surface area contributed by atoms with Gasteiger partial charge in [-0.05, 0) is 16.7 Å². The molecule has 2 N–H and O–H groups in total. The summed E-state index contributed by atoms with van der Waals surface area (Å²) in [4.78, 5) is 0. The second-order valence-corrected chi connectivity index (χ2v) is 5.42. The van der Waals surface area contributed by atoms with Crippen LogP contribution in [0.2, 0.25) is 0 Å². The Kier molecular flexibility index (Phi) is 3.62. The maximum absolute atomic E-state index is 15.0. The molecule has 0 aliphatic heterocycles. The minimum atomic E-state index is -2.07. The predicted octanol–water partition coefficient (Wildman–Crippen LogP) is 3.06. The molecule has 0 fully saturated rings. The number of benzene rings is 2. The Bertz CT molecular complexity index is 653. The Morgan fingerprint density at radius 3 is 2.48 bits per heavy atom. The number of aliphatic hydroxyl groups is 2. The highest BCUT2D eigenvalue weighted by Crippen LogP contribution is 2.44. The number of fused-ring (bicyclic) bond motifs is 1. The van der Waals surface area contributed by atoms with E-state index in [-0.39, 0.29) is 6.42 Å². The summed E-state index contributed by atoms with van der Waals surface area (Å²) >= 11 is 0. The fraction of sp³-hybridized carbons (Fsp3) is 0.222. The summed E-state index contributed by atoms with van der Waals surface area (Å²) in [6, 6.07) is 16.4. The molecule has 0 radical (unpaired) electrons. The summed E-state index contributed by atoms with van der Waals surface area (Å²) in [6.07, 6.45) is 0.431. The van der Waals surface area contributed by atoms with Crippen molar-refractivity contribution in [3.05, 3.63) is 77.4 Å². The van der Waals surface area contributed by atoms with Crippen LogP contribution in [0.15, 0.2) is 60.7 Å². The molecule has 0 amide bonds.